The zero-order valence-corrected chi connectivity index (χ0v) is 8.13. The van der Waals surface area contributed by atoms with E-state index in [0.717, 1.165) is 11.8 Å². The molecule has 0 fully saturated rings. The SMILES string of the molecule is CC(C)C(C)C.ClCCl. The van der Waals surface area contributed by atoms with Crippen LogP contribution in [0.5, 0.6) is 0 Å². The standard InChI is InChI=1S/C6H14.CH2Cl2/c1-5(2)6(3)4;2-1-3/h5-6H,1-4H3;1H2. The maximum absolute atomic E-state index is 4.76. The average molecular weight is 171 g/mol. The quantitative estimate of drug-likeness (QED) is 0.527. The summed E-state index contributed by atoms with van der Waals surface area (Å²) >= 11 is 9.53. The highest BCUT2D eigenvalue weighted by Crippen LogP contribution is 2.05. The normalized spacial score (nSPS) is 9.33. The van der Waals surface area contributed by atoms with Crippen molar-refractivity contribution in [3.8, 4) is 0 Å². The van der Waals surface area contributed by atoms with Crippen LogP contribution in [-0.4, -0.2) is 5.34 Å². The Bertz CT molecular complexity index is 36.2. The second-order valence-corrected chi connectivity index (χ2v) is 3.40. The van der Waals surface area contributed by atoms with Crippen molar-refractivity contribution < 1.29 is 0 Å². The van der Waals surface area contributed by atoms with Gasteiger partial charge in [-0.2, -0.15) is 0 Å². The lowest BCUT2D eigenvalue weighted by Crippen LogP contribution is -1.95. The molecule has 0 aliphatic carbocycles. The van der Waals surface area contributed by atoms with Gasteiger partial charge in [0.25, 0.3) is 0 Å². The van der Waals surface area contributed by atoms with Crippen molar-refractivity contribution in [1.29, 1.82) is 0 Å². The van der Waals surface area contributed by atoms with Gasteiger partial charge in [0.15, 0.2) is 0 Å². The van der Waals surface area contributed by atoms with Crippen LogP contribution >= 0.6 is 23.2 Å². The minimum atomic E-state index is 0.194. The molecule has 0 N–H and O–H groups in total. The van der Waals surface area contributed by atoms with Crippen LogP contribution in [-0.2, 0) is 0 Å². The first kappa shape index (κ1) is 12.3. The van der Waals surface area contributed by atoms with Crippen LogP contribution in [0.15, 0.2) is 0 Å². The van der Waals surface area contributed by atoms with Crippen LogP contribution in [0.4, 0.5) is 0 Å². The first-order valence-electron chi connectivity index (χ1n) is 3.18. The largest absolute Gasteiger partial charge is 0.109 e. The van der Waals surface area contributed by atoms with Gasteiger partial charge in [-0.1, -0.05) is 27.7 Å². The molecule has 2 heteroatoms. The van der Waals surface area contributed by atoms with E-state index in [1.807, 2.05) is 0 Å². The van der Waals surface area contributed by atoms with Crippen LogP contribution in [0.25, 0.3) is 0 Å². The van der Waals surface area contributed by atoms with E-state index in [2.05, 4.69) is 27.7 Å². The van der Waals surface area contributed by atoms with Crippen LogP contribution in [0.2, 0.25) is 0 Å². The van der Waals surface area contributed by atoms with Gasteiger partial charge in [-0.25, -0.2) is 0 Å². The van der Waals surface area contributed by atoms with Gasteiger partial charge in [0.1, 0.15) is 0 Å². The minimum absolute atomic E-state index is 0.194. The molecule has 0 aliphatic rings. The van der Waals surface area contributed by atoms with E-state index in [0.29, 0.717) is 0 Å². The van der Waals surface area contributed by atoms with Gasteiger partial charge in [0, 0.05) is 0 Å². The number of hydrogen-bond acceptors (Lipinski definition) is 0. The average Bonchev–Trinajstić information content (AvgIpc) is 1.68. The summed E-state index contributed by atoms with van der Waals surface area (Å²) in [4.78, 5) is 0. The fourth-order valence-corrected chi connectivity index (χ4v) is 0. The maximum Gasteiger partial charge on any atom is 0.0967 e. The van der Waals surface area contributed by atoms with E-state index in [1.54, 1.807) is 0 Å². The second kappa shape index (κ2) is 8.58. The van der Waals surface area contributed by atoms with Gasteiger partial charge in [0.2, 0.25) is 0 Å². The molecule has 0 radical (unpaired) electrons. The van der Waals surface area contributed by atoms with Gasteiger partial charge in [0.05, 0.1) is 5.34 Å². The van der Waals surface area contributed by atoms with Crippen molar-refractivity contribution in [2.45, 2.75) is 27.7 Å². The highest BCUT2D eigenvalue weighted by atomic mass is 35.5. The first-order valence-corrected chi connectivity index (χ1v) is 4.25. The summed E-state index contributed by atoms with van der Waals surface area (Å²) in [5.74, 6) is 1.70. The molecule has 0 rings (SSSR count). The molecule has 0 heterocycles. The fraction of sp³-hybridized carbons (Fsp3) is 1.00. The van der Waals surface area contributed by atoms with E-state index < -0.39 is 0 Å². The van der Waals surface area contributed by atoms with E-state index in [-0.39, 0.29) is 5.34 Å². The molecular weight excluding hydrogens is 155 g/mol. The molecule has 0 amide bonds. The van der Waals surface area contributed by atoms with Gasteiger partial charge in [-0.05, 0) is 11.8 Å². The van der Waals surface area contributed by atoms with Crippen molar-refractivity contribution in [2.24, 2.45) is 11.8 Å². The molecule has 0 aromatic heterocycles. The lowest BCUT2D eigenvalue weighted by molar-refractivity contribution is 0.457. The third-order valence-electron chi connectivity index (χ3n) is 1.33. The van der Waals surface area contributed by atoms with Gasteiger partial charge in [-0.15, -0.1) is 23.2 Å². The zero-order valence-electron chi connectivity index (χ0n) is 6.62. The lowest BCUT2D eigenvalue weighted by Gasteiger charge is -2.05. The Labute approximate surface area is 68.5 Å². The van der Waals surface area contributed by atoms with Gasteiger partial charge in [-0.3, -0.25) is 0 Å². The highest BCUT2D eigenvalue weighted by molar-refractivity contribution is 6.40. The summed E-state index contributed by atoms with van der Waals surface area (Å²) < 4.78 is 0. The van der Waals surface area contributed by atoms with Crippen molar-refractivity contribution in [1.82, 2.24) is 0 Å². The molecule has 0 saturated carbocycles. The number of hydrogen-bond donors (Lipinski definition) is 0. The summed E-state index contributed by atoms with van der Waals surface area (Å²) in [5, 5.41) is 0.194. The Kier molecular flexibility index (Phi) is 11.7. The van der Waals surface area contributed by atoms with E-state index >= 15 is 0 Å². The van der Waals surface area contributed by atoms with Crippen LogP contribution in [0.3, 0.4) is 0 Å². The molecule has 0 nitrogen and oxygen atoms in total. The Morgan fingerprint density at radius 2 is 1.00 bits per heavy atom. The molecule has 0 spiro atoms. The summed E-state index contributed by atoms with van der Waals surface area (Å²) in [6.07, 6.45) is 0. The van der Waals surface area contributed by atoms with Crippen LogP contribution in [0.1, 0.15) is 27.7 Å². The molecule has 0 aromatic carbocycles. The van der Waals surface area contributed by atoms with Gasteiger partial charge < -0.3 is 0 Å². The Balaban J connectivity index is 0. The molecule has 0 saturated heterocycles. The maximum atomic E-state index is 4.76. The molecule has 0 aliphatic heterocycles. The molecule has 0 unspecified atom stereocenters. The highest BCUT2D eigenvalue weighted by Gasteiger charge is 1.95. The predicted molar refractivity (Wildman–Crippen MR) is 46.2 cm³/mol. The third kappa shape index (κ3) is 17.7. The molecule has 0 bridgehead atoms. The molecular formula is C7H16Cl2. The lowest BCUT2D eigenvalue weighted by atomic mass is 10.0. The van der Waals surface area contributed by atoms with Crippen molar-refractivity contribution in [3.63, 3.8) is 0 Å². The number of rotatable bonds is 1. The zero-order chi connectivity index (χ0) is 7.86. The summed E-state index contributed by atoms with van der Waals surface area (Å²) in [7, 11) is 0. The van der Waals surface area contributed by atoms with E-state index in [4.69, 9.17) is 23.2 Å². The second-order valence-electron chi connectivity index (χ2n) is 2.59. The van der Waals surface area contributed by atoms with Crippen molar-refractivity contribution in [3.05, 3.63) is 0 Å². The molecule has 58 valence electrons. The van der Waals surface area contributed by atoms with Crippen LogP contribution in [0, 0.1) is 11.8 Å². The Hall–Kier alpha value is 0.580. The molecule has 0 aromatic rings. The third-order valence-corrected chi connectivity index (χ3v) is 1.33. The van der Waals surface area contributed by atoms with Crippen molar-refractivity contribution >= 4 is 23.2 Å². The smallest absolute Gasteiger partial charge is 0.0967 e. The van der Waals surface area contributed by atoms with E-state index in [1.165, 1.54) is 0 Å². The fourth-order valence-electron chi connectivity index (χ4n) is 0. The minimum Gasteiger partial charge on any atom is -0.109 e. The summed E-state index contributed by atoms with van der Waals surface area (Å²) in [5.41, 5.74) is 0. The topological polar surface area (TPSA) is 0 Å². The first-order chi connectivity index (χ1) is 4.06. The summed E-state index contributed by atoms with van der Waals surface area (Å²) in [6.45, 7) is 8.96. The van der Waals surface area contributed by atoms with E-state index in [9.17, 15) is 0 Å². The number of halogens is 2. The molecule has 9 heavy (non-hydrogen) atoms. The molecule has 0 atom stereocenters. The van der Waals surface area contributed by atoms with Gasteiger partial charge >= 0.3 is 0 Å². The monoisotopic (exact) mass is 170 g/mol. The predicted octanol–water partition coefficient (Wildman–Crippen LogP) is 3.72. The Morgan fingerprint density at radius 1 is 0.889 bits per heavy atom. The van der Waals surface area contributed by atoms with Crippen molar-refractivity contribution in [2.75, 3.05) is 5.34 Å². The number of alkyl halides is 2. The van der Waals surface area contributed by atoms with Crippen LogP contribution < -0.4 is 0 Å². The Morgan fingerprint density at radius 3 is 1.00 bits per heavy atom. The summed E-state index contributed by atoms with van der Waals surface area (Å²) in [6, 6.07) is 0.